The standard InChI is InChI=1S/C26H25FN4O2/c1-15(28)25(17(3)33)18-9-10-21(26(29)19-7-8-20(14-32)22(27)12-19)24(13-18)31-16(2)23-6-4-5-11-30-23/h4-14,16,29,31H,28H2,1-3H3/t16-/m0/s1. The third-order valence-electron chi connectivity index (χ3n) is 5.24. The molecule has 1 aromatic heterocycles. The second kappa shape index (κ2) is 9.99. The quantitative estimate of drug-likeness (QED) is 0.260. The van der Waals surface area contributed by atoms with Gasteiger partial charge >= 0.3 is 0 Å². The summed E-state index contributed by atoms with van der Waals surface area (Å²) in [5.41, 5.74) is 9.51. The maximum atomic E-state index is 14.2. The SMILES string of the molecule is CC(=O)C(=C(C)N)c1ccc(C(=N)c2ccc(C=O)c(F)c2)c(N[C@@H](C)c2ccccn2)c1. The van der Waals surface area contributed by atoms with Gasteiger partial charge in [-0.1, -0.05) is 24.3 Å². The summed E-state index contributed by atoms with van der Waals surface area (Å²) >= 11 is 0. The predicted octanol–water partition coefficient (Wildman–Crippen LogP) is 4.90. The Morgan fingerprint density at radius 3 is 2.42 bits per heavy atom. The number of carbonyl (C=O) groups excluding carboxylic acids is 2. The fraction of sp³-hybridized carbons (Fsp3) is 0.154. The van der Waals surface area contributed by atoms with Crippen LogP contribution in [0.25, 0.3) is 5.57 Å². The van der Waals surface area contributed by atoms with E-state index in [0.717, 1.165) is 11.8 Å². The number of anilines is 1. The second-order valence-electron chi connectivity index (χ2n) is 7.72. The van der Waals surface area contributed by atoms with Gasteiger partial charge in [0.2, 0.25) is 0 Å². The Kier molecular flexibility index (Phi) is 7.13. The van der Waals surface area contributed by atoms with Crippen molar-refractivity contribution >= 4 is 29.0 Å². The Hall–Kier alpha value is -4.13. The number of allylic oxidation sites excluding steroid dienone is 2. The van der Waals surface area contributed by atoms with E-state index in [0.29, 0.717) is 39.9 Å². The van der Waals surface area contributed by atoms with Gasteiger partial charge in [-0.2, -0.15) is 0 Å². The fourth-order valence-corrected chi connectivity index (χ4v) is 3.62. The van der Waals surface area contributed by atoms with Crippen LogP contribution in [0.3, 0.4) is 0 Å². The molecule has 0 fully saturated rings. The summed E-state index contributed by atoms with van der Waals surface area (Å²) < 4.78 is 14.2. The van der Waals surface area contributed by atoms with Gasteiger partial charge in [-0.15, -0.1) is 0 Å². The number of halogens is 1. The highest BCUT2D eigenvalue weighted by atomic mass is 19.1. The van der Waals surface area contributed by atoms with Crippen molar-refractivity contribution in [1.29, 1.82) is 5.41 Å². The molecular formula is C26H25FN4O2. The van der Waals surface area contributed by atoms with Crippen LogP contribution < -0.4 is 11.1 Å². The Balaban J connectivity index is 2.11. The van der Waals surface area contributed by atoms with E-state index in [4.69, 9.17) is 11.1 Å². The van der Waals surface area contributed by atoms with Crippen molar-refractivity contribution in [3.8, 4) is 0 Å². The summed E-state index contributed by atoms with van der Waals surface area (Å²) in [6, 6.07) is 14.6. The molecule has 4 N–H and O–H groups in total. The second-order valence-corrected chi connectivity index (χ2v) is 7.72. The number of hydrogen-bond acceptors (Lipinski definition) is 6. The number of aromatic nitrogens is 1. The van der Waals surface area contributed by atoms with Gasteiger partial charge in [-0.05, 0) is 56.7 Å². The van der Waals surface area contributed by atoms with Crippen LogP contribution >= 0.6 is 0 Å². The minimum atomic E-state index is -0.694. The molecule has 33 heavy (non-hydrogen) atoms. The highest BCUT2D eigenvalue weighted by Gasteiger charge is 2.18. The molecule has 6 nitrogen and oxygen atoms in total. The van der Waals surface area contributed by atoms with Gasteiger partial charge in [0.1, 0.15) is 5.82 Å². The molecule has 0 spiro atoms. The highest BCUT2D eigenvalue weighted by molar-refractivity contribution is 6.21. The van der Waals surface area contributed by atoms with E-state index in [1.807, 2.05) is 25.1 Å². The first-order valence-corrected chi connectivity index (χ1v) is 10.4. The zero-order chi connectivity index (χ0) is 24.1. The van der Waals surface area contributed by atoms with Crippen LogP contribution in [-0.2, 0) is 4.79 Å². The number of nitrogens with one attached hydrogen (secondary N) is 2. The van der Waals surface area contributed by atoms with E-state index in [-0.39, 0.29) is 23.1 Å². The molecule has 7 heteroatoms. The number of Topliss-reactive ketones (excluding diaryl/α,β-unsaturated/α-hetero) is 1. The largest absolute Gasteiger partial charge is 0.402 e. The summed E-state index contributed by atoms with van der Waals surface area (Å²) in [6.45, 7) is 5.03. The number of hydrogen-bond donors (Lipinski definition) is 3. The molecule has 1 atom stereocenters. The van der Waals surface area contributed by atoms with Gasteiger partial charge in [0.05, 0.1) is 23.0 Å². The molecule has 1 heterocycles. The summed E-state index contributed by atoms with van der Waals surface area (Å²) in [5.74, 6) is -0.867. The number of benzene rings is 2. The van der Waals surface area contributed by atoms with Crippen LogP contribution in [-0.4, -0.2) is 22.8 Å². The highest BCUT2D eigenvalue weighted by Crippen LogP contribution is 2.29. The van der Waals surface area contributed by atoms with Crippen LogP contribution in [0.5, 0.6) is 0 Å². The molecule has 0 aliphatic carbocycles. The van der Waals surface area contributed by atoms with Gasteiger partial charge in [-0.25, -0.2) is 4.39 Å². The molecule has 0 saturated heterocycles. The smallest absolute Gasteiger partial charge is 0.162 e. The molecule has 3 rings (SSSR count). The lowest BCUT2D eigenvalue weighted by Gasteiger charge is -2.20. The lowest BCUT2D eigenvalue weighted by molar-refractivity contribution is -0.111. The molecule has 2 aromatic carbocycles. The number of ketones is 1. The van der Waals surface area contributed by atoms with E-state index >= 15 is 0 Å². The lowest BCUT2D eigenvalue weighted by atomic mass is 9.94. The normalized spacial score (nSPS) is 12.5. The predicted molar refractivity (Wildman–Crippen MR) is 128 cm³/mol. The zero-order valence-corrected chi connectivity index (χ0v) is 18.6. The molecular weight excluding hydrogens is 419 g/mol. The summed E-state index contributed by atoms with van der Waals surface area (Å²) in [5, 5.41) is 12.1. The number of rotatable bonds is 8. The van der Waals surface area contributed by atoms with Crippen LogP contribution in [0.4, 0.5) is 10.1 Å². The first-order chi connectivity index (χ1) is 15.7. The number of aldehydes is 1. The van der Waals surface area contributed by atoms with Gasteiger partial charge in [0, 0.05) is 34.3 Å². The van der Waals surface area contributed by atoms with Crippen molar-refractivity contribution in [2.75, 3.05) is 5.32 Å². The molecule has 0 saturated carbocycles. The first kappa shape index (κ1) is 23.5. The molecule has 0 unspecified atom stereocenters. The average molecular weight is 445 g/mol. The van der Waals surface area contributed by atoms with Crippen molar-refractivity contribution in [1.82, 2.24) is 4.98 Å². The van der Waals surface area contributed by atoms with Gasteiger partial charge in [-0.3, -0.25) is 20.0 Å². The molecule has 0 aliphatic heterocycles. The van der Waals surface area contributed by atoms with Crippen molar-refractivity contribution in [3.05, 3.63) is 100 Å². The number of pyridine rings is 1. The lowest BCUT2D eigenvalue weighted by Crippen LogP contribution is -2.14. The summed E-state index contributed by atoms with van der Waals surface area (Å²) in [4.78, 5) is 27.5. The third kappa shape index (κ3) is 5.20. The van der Waals surface area contributed by atoms with E-state index < -0.39 is 5.82 Å². The minimum absolute atomic E-state index is 0.0615. The Labute approximate surface area is 191 Å². The van der Waals surface area contributed by atoms with Crippen LogP contribution in [0.2, 0.25) is 0 Å². The van der Waals surface area contributed by atoms with E-state index in [9.17, 15) is 14.0 Å². The average Bonchev–Trinajstić information content (AvgIpc) is 2.79. The van der Waals surface area contributed by atoms with Crippen LogP contribution in [0.1, 0.15) is 59.6 Å². The van der Waals surface area contributed by atoms with Gasteiger partial charge in [0.25, 0.3) is 0 Å². The maximum absolute atomic E-state index is 14.2. The molecule has 0 radical (unpaired) electrons. The monoisotopic (exact) mass is 444 g/mol. The molecule has 0 amide bonds. The summed E-state index contributed by atoms with van der Waals surface area (Å²) in [6.07, 6.45) is 2.13. The Morgan fingerprint density at radius 1 is 1.12 bits per heavy atom. The van der Waals surface area contributed by atoms with Gasteiger partial charge < -0.3 is 11.1 Å². The van der Waals surface area contributed by atoms with E-state index in [2.05, 4.69) is 10.3 Å². The number of nitrogens with two attached hydrogens (primary N) is 1. The van der Waals surface area contributed by atoms with Gasteiger partial charge in [0.15, 0.2) is 12.1 Å². The number of carbonyl (C=O) groups is 2. The Morgan fingerprint density at radius 2 is 1.85 bits per heavy atom. The van der Waals surface area contributed by atoms with Crippen molar-refractivity contribution in [2.45, 2.75) is 26.8 Å². The van der Waals surface area contributed by atoms with Crippen molar-refractivity contribution in [3.63, 3.8) is 0 Å². The topological polar surface area (TPSA) is 109 Å². The maximum Gasteiger partial charge on any atom is 0.162 e. The number of nitrogens with zero attached hydrogens (tertiary/aromatic N) is 1. The molecule has 3 aromatic rings. The third-order valence-corrected chi connectivity index (χ3v) is 5.24. The Bertz CT molecular complexity index is 1250. The van der Waals surface area contributed by atoms with Crippen molar-refractivity contribution in [2.24, 2.45) is 5.73 Å². The zero-order valence-electron chi connectivity index (χ0n) is 18.6. The van der Waals surface area contributed by atoms with Crippen molar-refractivity contribution < 1.29 is 14.0 Å². The fourth-order valence-electron chi connectivity index (χ4n) is 3.62. The molecule has 0 bridgehead atoms. The van der Waals surface area contributed by atoms with E-state index in [1.165, 1.54) is 19.1 Å². The van der Waals surface area contributed by atoms with Crippen LogP contribution in [0, 0.1) is 11.2 Å². The van der Waals surface area contributed by atoms with E-state index in [1.54, 1.807) is 31.3 Å². The first-order valence-electron chi connectivity index (χ1n) is 10.4. The minimum Gasteiger partial charge on any atom is -0.402 e. The molecule has 168 valence electrons. The summed E-state index contributed by atoms with van der Waals surface area (Å²) in [7, 11) is 0. The molecule has 0 aliphatic rings. The van der Waals surface area contributed by atoms with Crippen LogP contribution in [0.15, 0.2) is 66.5 Å².